The van der Waals surface area contributed by atoms with E-state index >= 15 is 0 Å². The van der Waals surface area contributed by atoms with Crippen molar-refractivity contribution in [2.75, 3.05) is 19.3 Å². The number of carbonyl (C=O) groups excluding carboxylic acids is 2. The summed E-state index contributed by atoms with van der Waals surface area (Å²) >= 11 is 2.89. The van der Waals surface area contributed by atoms with E-state index in [0.717, 1.165) is 43.3 Å². The van der Waals surface area contributed by atoms with Crippen molar-refractivity contribution in [1.82, 2.24) is 19.7 Å². The fourth-order valence-electron chi connectivity index (χ4n) is 3.10. The number of hydrogen-bond acceptors (Lipinski definition) is 6. The van der Waals surface area contributed by atoms with Crippen LogP contribution in [0.3, 0.4) is 0 Å². The number of thioether (sulfide) groups is 1. The molecule has 0 aliphatic carbocycles. The van der Waals surface area contributed by atoms with Gasteiger partial charge in [0.1, 0.15) is 5.82 Å². The zero-order valence-electron chi connectivity index (χ0n) is 14.7. The van der Waals surface area contributed by atoms with Crippen molar-refractivity contribution in [1.29, 1.82) is 0 Å². The normalized spacial score (nSPS) is 15.6. The van der Waals surface area contributed by atoms with E-state index in [9.17, 15) is 9.59 Å². The Balaban J connectivity index is 1.56. The number of rotatable bonds is 5. The average molecular weight is 379 g/mol. The van der Waals surface area contributed by atoms with Gasteiger partial charge in [-0.2, -0.15) is 0 Å². The van der Waals surface area contributed by atoms with E-state index in [0.29, 0.717) is 15.7 Å². The van der Waals surface area contributed by atoms with E-state index in [1.165, 1.54) is 18.3 Å². The Hall–Kier alpha value is -1.67. The first-order valence-corrected chi connectivity index (χ1v) is 10.4. The molecule has 3 rings (SSSR count). The van der Waals surface area contributed by atoms with Gasteiger partial charge in [0.2, 0.25) is 0 Å². The molecule has 0 atom stereocenters. The first-order valence-electron chi connectivity index (χ1n) is 8.32. The summed E-state index contributed by atoms with van der Waals surface area (Å²) in [6, 6.07) is 3.50. The monoisotopic (exact) mass is 378 g/mol. The number of likely N-dealkylation sites (tertiary alicyclic amines) is 1. The summed E-state index contributed by atoms with van der Waals surface area (Å²) < 4.78 is 2.05. The van der Waals surface area contributed by atoms with Crippen molar-refractivity contribution in [3.05, 3.63) is 27.7 Å². The molecule has 134 valence electrons. The van der Waals surface area contributed by atoms with Crippen LogP contribution in [0.15, 0.2) is 17.3 Å². The minimum absolute atomic E-state index is 0.0102. The molecule has 0 spiro atoms. The number of amides is 1. The predicted octanol–water partition coefficient (Wildman–Crippen LogP) is 2.90. The van der Waals surface area contributed by atoms with Gasteiger partial charge >= 0.3 is 0 Å². The van der Waals surface area contributed by atoms with Crippen LogP contribution in [-0.2, 0) is 13.5 Å². The molecule has 8 heteroatoms. The molecule has 6 nitrogen and oxygen atoms in total. The Morgan fingerprint density at radius 3 is 2.48 bits per heavy atom. The molecule has 25 heavy (non-hydrogen) atoms. The molecule has 2 aromatic rings. The van der Waals surface area contributed by atoms with Gasteiger partial charge < -0.3 is 9.47 Å². The van der Waals surface area contributed by atoms with Crippen LogP contribution in [0.1, 0.15) is 44.9 Å². The fourth-order valence-corrected chi connectivity index (χ4v) is 4.47. The number of Topliss-reactive ketones (excluding diaryl/α,β-unsaturated/α-hetero) is 1. The number of ketones is 1. The maximum atomic E-state index is 12.6. The SMILES string of the molecule is CSc1nnc(CC2CCN(C(=O)c3ccc(C(C)=O)s3)CC2)n1C. The molecule has 1 saturated heterocycles. The van der Waals surface area contributed by atoms with Crippen LogP contribution in [0.4, 0.5) is 0 Å². The van der Waals surface area contributed by atoms with Crippen LogP contribution in [0, 0.1) is 5.92 Å². The molecule has 3 heterocycles. The zero-order valence-corrected chi connectivity index (χ0v) is 16.3. The van der Waals surface area contributed by atoms with Crippen molar-refractivity contribution in [3.8, 4) is 0 Å². The second-order valence-electron chi connectivity index (χ2n) is 6.32. The third-order valence-corrected chi connectivity index (χ3v) is 6.54. The largest absolute Gasteiger partial charge is 0.338 e. The highest BCUT2D eigenvalue weighted by molar-refractivity contribution is 7.98. The van der Waals surface area contributed by atoms with E-state index in [1.807, 2.05) is 18.2 Å². The van der Waals surface area contributed by atoms with Crippen molar-refractivity contribution in [3.63, 3.8) is 0 Å². The summed E-state index contributed by atoms with van der Waals surface area (Å²) in [5.74, 6) is 1.59. The number of hydrogen-bond donors (Lipinski definition) is 0. The predicted molar refractivity (Wildman–Crippen MR) is 99.4 cm³/mol. The van der Waals surface area contributed by atoms with Gasteiger partial charge in [0.05, 0.1) is 9.75 Å². The molecule has 1 aliphatic heterocycles. The van der Waals surface area contributed by atoms with Crippen LogP contribution in [0.2, 0.25) is 0 Å². The molecule has 0 N–H and O–H groups in total. The molecule has 0 saturated carbocycles. The van der Waals surface area contributed by atoms with Gasteiger partial charge in [-0.15, -0.1) is 21.5 Å². The summed E-state index contributed by atoms with van der Waals surface area (Å²) in [4.78, 5) is 27.2. The van der Waals surface area contributed by atoms with Crippen LogP contribution in [0.25, 0.3) is 0 Å². The van der Waals surface area contributed by atoms with Gasteiger partial charge in [-0.25, -0.2) is 0 Å². The van der Waals surface area contributed by atoms with Gasteiger partial charge in [0.25, 0.3) is 5.91 Å². The lowest BCUT2D eigenvalue weighted by molar-refractivity contribution is 0.0694. The smallest absolute Gasteiger partial charge is 0.263 e. The van der Waals surface area contributed by atoms with Crippen molar-refractivity contribution in [2.24, 2.45) is 13.0 Å². The van der Waals surface area contributed by atoms with Crippen molar-refractivity contribution < 1.29 is 9.59 Å². The number of thiophene rings is 1. The van der Waals surface area contributed by atoms with E-state index in [1.54, 1.807) is 23.9 Å². The average Bonchev–Trinajstić information content (AvgIpc) is 3.23. The van der Waals surface area contributed by atoms with E-state index in [2.05, 4.69) is 14.8 Å². The standard InChI is InChI=1S/C17H22N4O2S2/c1-11(22)13-4-5-14(25-13)16(23)21-8-6-12(7-9-21)10-15-18-19-17(24-3)20(15)2/h4-5,12H,6-10H2,1-3H3. The minimum atomic E-state index is 0.0102. The Bertz CT molecular complexity index is 775. The summed E-state index contributed by atoms with van der Waals surface area (Å²) in [6.07, 6.45) is 4.84. The highest BCUT2D eigenvalue weighted by Gasteiger charge is 2.26. The number of nitrogens with zero attached hydrogens (tertiary/aromatic N) is 4. The molecule has 0 aromatic carbocycles. The van der Waals surface area contributed by atoms with Gasteiger partial charge in [-0.05, 0) is 44.1 Å². The number of aromatic nitrogens is 3. The molecule has 1 amide bonds. The van der Waals surface area contributed by atoms with Gasteiger partial charge in [0.15, 0.2) is 10.9 Å². The molecule has 0 bridgehead atoms. The summed E-state index contributed by atoms with van der Waals surface area (Å²) in [6.45, 7) is 3.04. The third kappa shape index (κ3) is 3.95. The maximum Gasteiger partial charge on any atom is 0.263 e. The minimum Gasteiger partial charge on any atom is -0.338 e. The lowest BCUT2D eigenvalue weighted by Gasteiger charge is -2.31. The summed E-state index contributed by atoms with van der Waals surface area (Å²) in [5.41, 5.74) is 0. The topological polar surface area (TPSA) is 68.1 Å². The summed E-state index contributed by atoms with van der Waals surface area (Å²) in [7, 11) is 2.00. The number of carbonyl (C=O) groups is 2. The van der Waals surface area contributed by atoms with Crippen LogP contribution in [-0.4, -0.2) is 50.7 Å². The second-order valence-corrected chi connectivity index (χ2v) is 8.18. The second kappa shape index (κ2) is 7.70. The molecule has 0 unspecified atom stereocenters. The Morgan fingerprint density at radius 2 is 1.92 bits per heavy atom. The highest BCUT2D eigenvalue weighted by Crippen LogP contribution is 2.25. The van der Waals surface area contributed by atoms with Crippen LogP contribution >= 0.6 is 23.1 Å². The van der Waals surface area contributed by atoms with Crippen LogP contribution < -0.4 is 0 Å². The zero-order chi connectivity index (χ0) is 18.0. The lowest BCUT2D eigenvalue weighted by atomic mass is 9.93. The first kappa shape index (κ1) is 18.1. The van der Waals surface area contributed by atoms with E-state index in [-0.39, 0.29) is 11.7 Å². The molecule has 1 aliphatic rings. The highest BCUT2D eigenvalue weighted by atomic mass is 32.2. The quantitative estimate of drug-likeness (QED) is 0.591. The number of piperidine rings is 1. The van der Waals surface area contributed by atoms with Crippen LogP contribution in [0.5, 0.6) is 0 Å². The van der Waals surface area contributed by atoms with Gasteiger partial charge in [0, 0.05) is 26.6 Å². The van der Waals surface area contributed by atoms with Gasteiger partial charge in [-0.3, -0.25) is 9.59 Å². The fraction of sp³-hybridized carbons (Fsp3) is 0.529. The molecular formula is C17H22N4O2S2. The Kier molecular flexibility index (Phi) is 5.58. The molecule has 1 fully saturated rings. The van der Waals surface area contributed by atoms with Crippen molar-refractivity contribution in [2.45, 2.75) is 31.3 Å². The van der Waals surface area contributed by atoms with Gasteiger partial charge in [-0.1, -0.05) is 11.8 Å². The van der Waals surface area contributed by atoms with E-state index in [4.69, 9.17) is 0 Å². The lowest BCUT2D eigenvalue weighted by Crippen LogP contribution is -2.38. The molecule has 2 aromatic heterocycles. The maximum absolute atomic E-state index is 12.6. The molecule has 0 radical (unpaired) electrons. The Morgan fingerprint density at radius 1 is 1.24 bits per heavy atom. The third-order valence-electron chi connectivity index (χ3n) is 4.64. The summed E-state index contributed by atoms with van der Waals surface area (Å²) in [5, 5.41) is 9.40. The Labute approximate surface area is 155 Å². The van der Waals surface area contributed by atoms with E-state index < -0.39 is 0 Å². The van der Waals surface area contributed by atoms with Crippen molar-refractivity contribution >= 4 is 34.8 Å². The first-order chi connectivity index (χ1) is 12.0. The molecular weight excluding hydrogens is 356 g/mol.